The van der Waals surface area contributed by atoms with Gasteiger partial charge in [0.05, 0.1) is 18.0 Å². The predicted octanol–water partition coefficient (Wildman–Crippen LogP) is 2.97. The minimum absolute atomic E-state index is 0.0685. The van der Waals surface area contributed by atoms with Crippen LogP contribution in [-0.4, -0.2) is 14.9 Å². The van der Waals surface area contributed by atoms with E-state index in [2.05, 4.69) is 12.0 Å². The molecule has 0 saturated heterocycles. The van der Waals surface area contributed by atoms with Crippen molar-refractivity contribution in [1.82, 2.24) is 9.78 Å². The van der Waals surface area contributed by atoms with Gasteiger partial charge in [0.15, 0.2) is 0 Å². The summed E-state index contributed by atoms with van der Waals surface area (Å²) in [5.41, 5.74) is 2.52. The van der Waals surface area contributed by atoms with Crippen LogP contribution in [0.4, 0.5) is 0 Å². The topological polar surface area (TPSA) is 38.0 Å². The van der Waals surface area contributed by atoms with E-state index >= 15 is 0 Å². The maximum atomic E-state index is 9.35. The summed E-state index contributed by atoms with van der Waals surface area (Å²) in [7, 11) is 0. The number of aryl methyl sites for hydroxylation is 1. The Bertz CT molecular complexity index is 494. The lowest BCUT2D eigenvalue weighted by molar-refractivity contribution is 0.280. The fraction of sp³-hybridized carbons (Fsp3) is 0.308. The van der Waals surface area contributed by atoms with Crippen LogP contribution in [0.1, 0.15) is 24.6 Å². The van der Waals surface area contributed by atoms with Crippen LogP contribution in [-0.2, 0) is 13.0 Å². The van der Waals surface area contributed by atoms with Gasteiger partial charge in [0.1, 0.15) is 5.15 Å². The van der Waals surface area contributed by atoms with Gasteiger partial charge in [-0.2, -0.15) is 5.10 Å². The highest BCUT2D eigenvalue weighted by molar-refractivity contribution is 6.30. The Morgan fingerprint density at radius 3 is 2.59 bits per heavy atom. The van der Waals surface area contributed by atoms with E-state index in [1.54, 1.807) is 4.68 Å². The average molecular weight is 251 g/mol. The molecule has 2 aromatic rings. The lowest BCUT2D eigenvalue weighted by Gasteiger charge is -2.02. The van der Waals surface area contributed by atoms with Gasteiger partial charge in [-0.15, -0.1) is 0 Å². The molecule has 17 heavy (non-hydrogen) atoms. The number of hydrogen-bond donors (Lipinski definition) is 1. The molecule has 1 aromatic heterocycles. The van der Waals surface area contributed by atoms with Gasteiger partial charge in [-0.3, -0.25) is 0 Å². The number of hydrogen-bond acceptors (Lipinski definition) is 2. The molecule has 0 aliphatic heterocycles. The first-order chi connectivity index (χ1) is 8.27. The van der Waals surface area contributed by atoms with E-state index in [4.69, 9.17) is 11.6 Å². The normalized spacial score (nSPS) is 10.8. The number of rotatable bonds is 4. The largest absolute Gasteiger partial charge is 0.391 e. The first-order valence-electron chi connectivity index (χ1n) is 5.70. The molecule has 0 atom stereocenters. The molecule has 1 heterocycles. The Morgan fingerprint density at radius 2 is 2.00 bits per heavy atom. The van der Waals surface area contributed by atoms with Gasteiger partial charge >= 0.3 is 0 Å². The molecule has 2 rings (SSSR count). The highest BCUT2D eigenvalue weighted by Gasteiger charge is 2.15. The Morgan fingerprint density at radius 1 is 1.29 bits per heavy atom. The Hall–Kier alpha value is -1.32. The summed E-state index contributed by atoms with van der Waals surface area (Å²) in [6.07, 6.45) is 1.81. The highest BCUT2D eigenvalue weighted by Crippen LogP contribution is 2.24. The zero-order chi connectivity index (χ0) is 12.3. The molecule has 4 heteroatoms. The SMILES string of the molecule is CCCc1nn(-c2ccccc2)c(Cl)c1CO. The lowest BCUT2D eigenvalue weighted by Crippen LogP contribution is -1.96. The van der Waals surface area contributed by atoms with Crippen molar-refractivity contribution in [3.8, 4) is 5.69 Å². The second kappa shape index (κ2) is 5.34. The third-order valence-corrected chi connectivity index (χ3v) is 3.04. The molecule has 0 aliphatic carbocycles. The zero-order valence-electron chi connectivity index (χ0n) is 9.73. The Kier molecular flexibility index (Phi) is 3.82. The van der Waals surface area contributed by atoms with E-state index in [-0.39, 0.29) is 6.61 Å². The van der Waals surface area contributed by atoms with E-state index in [0.717, 1.165) is 29.8 Å². The number of benzene rings is 1. The third kappa shape index (κ3) is 2.35. The molecule has 1 N–H and O–H groups in total. The summed E-state index contributed by atoms with van der Waals surface area (Å²) in [5, 5.41) is 14.3. The second-order valence-electron chi connectivity index (χ2n) is 3.87. The first-order valence-corrected chi connectivity index (χ1v) is 6.08. The summed E-state index contributed by atoms with van der Waals surface area (Å²) in [4.78, 5) is 0. The molecule has 0 fully saturated rings. The monoisotopic (exact) mass is 250 g/mol. The van der Waals surface area contributed by atoms with Gasteiger partial charge in [-0.25, -0.2) is 4.68 Å². The van der Waals surface area contributed by atoms with Gasteiger partial charge in [-0.05, 0) is 18.6 Å². The van der Waals surface area contributed by atoms with E-state index in [1.165, 1.54) is 0 Å². The second-order valence-corrected chi connectivity index (χ2v) is 4.23. The highest BCUT2D eigenvalue weighted by atomic mass is 35.5. The number of para-hydroxylation sites is 1. The molecule has 1 aromatic carbocycles. The van der Waals surface area contributed by atoms with Crippen LogP contribution in [0.3, 0.4) is 0 Å². The van der Waals surface area contributed by atoms with Crippen LogP contribution < -0.4 is 0 Å². The van der Waals surface area contributed by atoms with Crippen molar-refractivity contribution in [3.63, 3.8) is 0 Å². The molecule has 0 aliphatic rings. The fourth-order valence-corrected chi connectivity index (χ4v) is 2.11. The standard InChI is InChI=1S/C13H15ClN2O/c1-2-6-12-11(9-17)13(14)16(15-12)10-7-4-3-5-8-10/h3-5,7-8,17H,2,6,9H2,1H3. The predicted molar refractivity (Wildman–Crippen MR) is 68.5 cm³/mol. The maximum Gasteiger partial charge on any atom is 0.138 e. The van der Waals surface area contributed by atoms with Gasteiger partial charge in [0, 0.05) is 5.56 Å². The molecule has 0 saturated carbocycles. The number of halogens is 1. The minimum Gasteiger partial charge on any atom is -0.391 e. The number of aliphatic hydroxyl groups is 1. The van der Waals surface area contributed by atoms with E-state index in [9.17, 15) is 5.11 Å². The quantitative estimate of drug-likeness (QED) is 0.906. The molecule has 0 radical (unpaired) electrons. The number of aromatic nitrogens is 2. The van der Waals surface area contributed by atoms with Gasteiger partial charge in [0.2, 0.25) is 0 Å². The summed E-state index contributed by atoms with van der Waals surface area (Å²) in [6, 6.07) is 9.70. The smallest absolute Gasteiger partial charge is 0.138 e. The van der Waals surface area contributed by atoms with Crippen molar-refractivity contribution in [3.05, 3.63) is 46.7 Å². The van der Waals surface area contributed by atoms with E-state index < -0.39 is 0 Å². The molecular formula is C13H15ClN2O. The molecule has 90 valence electrons. The van der Waals surface area contributed by atoms with Crippen molar-refractivity contribution in [2.24, 2.45) is 0 Å². The van der Waals surface area contributed by atoms with Gasteiger partial charge < -0.3 is 5.11 Å². The van der Waals surface area contributed by atoms with Crippen molar-refractivity contribution < 1.29 is 5.11 Å². The summed E-state index contributed by atoms with van der Waals surface area (Å²) >= 11 is 6.24. The van der Waals surface area contributed by atoms with Crippen molar-refractivity contribution in [2.75, 3.05) is 0 Å². The van der Waals surface area contributed by atoms with E-state index in [1.807, 2.05) is 30.3 Å². The van der Waals surface area contributed by atoms with Crippen molar-refractivity contribution in [2.45, 2.75) is 26.4 Å². The Labute approximate surface area is 106 Å². The lowest BCUT2D eigenvalue weighted by atomic mass is 10.2. The molecular weight excluding hydrogens is 236 g/mol. The fourth-order valence-electron chi connectivity index (χ4n) is 1.81. The van der Waals surface area contributed by atoms with Gasteiger partial charge in [-0.1, -0.05) is 43.1 Å². The molecule has 0 bridgehead atoms. The van der Waals surface area contributed by atoms with Crippen LogP contribution in [0.2, 0.25) is 5.15 Å². The van der Waals surface area contributed by atoms with Crippen LogP contribution >= 0.6 is 11.6 Å². The molecule has 0 amide bonds. The number of nitrogens with zero attached hydrogens (tertiary/aromatic N) is 2. The minimum atomic E-state index is -0.0685. The first kappa shape index (κ1) is 12.1. The van der Waals surface area contributed by atoms with Gasteiger partial charge in [0.25, 0.3) is 0 Å². The van der Waals surface area contributed by atoms with Crippen LogP contribution in [0, 0.1) is 0 Å². The van der Waals surface area contributed by atoms with Crippen molar-refractivity contribution in [1.29, 1.82) is 0 Å². The average Bonchev–Trinajstić information content (AvgIpc) is 2.67. The third-order valence-electron chi connectivity index (χ3n) is 2.65. The van der Waals surface area contributed by atoms with Crippen LogP contribution in [0.15, 0.2) is 30.3 Å². The molecule has 3 nitrogen and oxygen atoms in total. The molecule has 0 spiro atoms. The maximum absolute atomic E-state index is 9.35. The summed E-state index contributed by atoms with van der Waals surface area (Å²) in [5.74, 6) is 0. The number of aliphatic hydroxyl groups excluding tert-OH is 1. The zero-order valence-corrected chi connectivity index (χ0v) is 10.5. The van der Waals surface area contributed by atoms with Crippen LogP contribution in [0.5, 0.6) is 0 Å². The summed E-state index contributed by atoms with van der Waals surface area (Å²) < 4.78 is 1.68. The van der Waals surface area contributed by atoms with Crippen molar-refractivity contribution >= 4 is 11.6 Å². The Balaban J connectivity index is 2.49. The molecule has 0 unspecified atom stereocenters. The summed E-state index contributed by atoms with van der Waals surface area (Å²) in [6.45, 7) is 2.01. The van der Waals surface area contributed by atoms with Crippen LogP contribution in [0.25, 0.3) is 5.69 Å². The van der Waals surface area contributed by atoms with E-state index in [0.29, 0.717) is 5.15 Å².